The lowest BCUT2D eigenvalue weighted by atomic mass is 9.66. The second-order valence-corrected chi connectivity index (χ2v) is 7.29. The van der Waals surface area contributed by atoms with Gasteiger partial charge in [-0.1, -0.05) is 6.07 Å². The van der Waals surface area contributed by atoms with Gasteiger partial charge < -0.3 is 19.9 Å². The molecule has 2 N–H and O–H groups in total. The molecule has 3 aliphatic heterocycles. The molecule has 5 rings (SSSR count). The van der Waals surface area contributed by atoms with Gasteiger partial charge in [0, 0.05) is 29.9 Å². The fourth-order valence-corrected chi connectivity index (χ4v) is 4.38. The minimum absolute atomic E-state index is 0.0274. The summed E-state index contributed by atoms with van der Waals surface area (Å²) in [5.41, 5.74) is 7.90. The molecule has 26 heavy (non-hydrogen) atoms. The molecule has 0 aliphatic carbocycles. The highest BCUT2D eigenvalue weighted by atomic mass is 16.5. The molecule has 0 radical (unpaired) electrons. The van der Waals surface area contributed by atoms with Crippen LogP contribution in [0.4, 0.5) is 0 Å². The number of ether oxygens (including phenoxy) is 3. The van der Waals surface area contributed by atoms with Crippen LogP contribution in [-0.2, 0) is 15.0 Å². The first-order valence-electron chi connectivity index (χ1n) is 8.76. The molecule has 134 valence electrons. The number of nitrogens with zero attached hydrogens (tertiary/aromatic N) is 3. The van der Waals surface area contributed by atoms with Crippen LogP contribution >= 0.6 is 0 Å². The standard InChI is InChI=1S/C19H20N4O3/c1-18-4-5-24-9-16(18)19(10-25-17(20)23-19)14-6-12(2-3-15(14)26-18)13-7-21-11-22-8-13/h2-3,6-8,11,16H,4-5,9-10H2,1H3,(H2,20,23)/t16-,18+,19?/m1/s1. The maximum atomic E-state index is 6.46. The van der Waals surface area contributed by atoms with E-state index in [1.165, 1.54) is 6.33 Å². The van der Waals surface area contributed by atoms with Gasteiger partial charge in [0.15, 0.2) is 0 Å². The Morgan fingerprint density at radius 3 is 2.81 bits per heavy atom. The van der Waals surface area contributed by atoms with Crippen molar-refractivity contribution in [2.24, 2.45) is 16.6 Å². The van der Waals surface area contributed by atoms with E-state index in [1.807, 2.05) is 12.1 Å². The number of aromatic nitrogens is 2. The molecule has 1 spiro atoms. The molecule has 4 heterocycles. The first kappa shape index (κ1) is 15.6. The summed E-state index contributed by atoms with van der Waals surface area (Å²) in [6.07, 6.45) is 5.92. The largest absolute Gasteiger partial charge is 0.487 e. The van der Waals surface area contributed by atoms with Gasteiger partial charge >= 0.3 is 0 Å². The minimum atomic E-state index is -0.599. The molecule has 1 fully saturated rings. The topological polar surface area (TPSA) is 91.9 Å². The Balaban J connectivity index is 1.71. The van der Waals surface area contributed by atoms with Crippen molar-refractivity contribution in [3.8, 4) is 16.9 Å². The summed E-state index contributed by atoms with van der Waals surface area (Å²) in [6, 6.07) is 6.34. The third-order valence-corrected chi connectivity index (χ3v) is 5.77. The van der Waals surface area contributed by atoms with E-state index in [0.29, 0.717) is 19.8 Å². The van der Waals surface area contributed by atoms with Crippen LogP contribution in [0.5, 0.6) is 5.75 Å². The van der Waals surface area contributed by atoms with Crippen LogP contribution in [0, 0.1) is 5.92 Å². The Bertz CT molecular complexity index is 888. The van der Waals surface area contributed by atoms with Gasteiger partial charge in [-0.05, 0) is 24.6 Å². The maximum Gasteiger partial charge on any atom is 0.283 e. The van der Waals surface area contributed by atoms with Crippen LogP contribution in [-0.4, -0.2) is 41.4 Å². The number of nitrogens with two attached hydrogens (primary N) is 1. The van der Waals surface area contributed by atoms with E-state index in [2.05, 4.69) is 23.0 Å². The van der Waals surface area contributed by atoms with E-state index >= 15 is 0 Å². The van der Waals surface area contributed by atoms with Crippen LogP contribution in [0.1, 0.15) is 18.9 Å². The molecule has 1 aromatic carbocycles. The van der Waals surface area contributed by atoms with Crippen LogP contribution in [0.3, 0.4) is 0 Å². The molecule has 7 heteroatoms. The lowest BCUT2D eigenvalue weighted by Crippen LogP contribution is -2.59. The van der Waals surface area contributed by atoms with Crippen molar-refractivity contribution in [1.29, 1.82) is 0 Å². The highest BCUT2D eigenvalue weighted by Crippen LogP contribution is 2.54. The zero-order valence-electron chi connectivity index (χ0n) is 14.5. The first-order valence-corrected chi connectivity index (χ1v) is 8.76. The normalized spacial score (nSPS) is 32.2. The van der Waals surface area contributed by atoms with Crippen LogP contribution in [0.2, 0.25) is 0 Å². The smallest absolute Gasteiger partial charge is 0.283 e. The highest BCUT2D eigenvalue weighted by Gasteiger charge is 2.59. The van der Waals surface area contributed by atoms with E-state index in [9.17, 15) is 0 Å². The van der Waals surface area contributed by atoms with Crippen molar-refractivity contribution in [3.05, 3.63) is 42.5 Å². The number of fused-ring (bicyclic) bond motifs is 4. The quantitative estimate of drug-likeness (QED) is 0.842. The maximum absolute atomic E-state index is 6.46. The van der Waals surface area contributed by atoms with Gasteiger partial charge in [0.2, 0.25) is 0 Å². The van der Waals surface area contributed by atoms with E-state index in [4.69, 9.17) is 24.9 Å². The summed E-state index contributed by atoms with van der Waals surface area (Å²) in [6.45, 7) is 3.77. The number of hydrogen-bond donors (Lipinski definition) is 1. The molecule has 7 nitrogen and oxygen atoms in total. The minimum Gasteiger partial charge on any atom is -0.487 e. The highest BCUT2D eigenvalue weighted by molar-refractivity contribution is 5.75. The zero-order valence-corrected chi connectivity index (χ0v) is 14.5. The molecule has 3 atom stereocenters. The lowest BCUT2D eigenvalue weighted by Gasteiger charge is -2.52. The molecular weight excluding hydrogens is 332 g/mol. The number of benzene rings is 1. The number of rotatable bonds is 1. The molecule has 0 bridgehead atoms. The second kappa shape index (κ2) is 5.41. The molecular formula is C19H20N4O3. The van der Waals surface area contributed by atoms with Crippen molar-refractivity contribution in [1.82, 2.24) is 9.97 Å². The Morgan fingerprint density at radius 1 is 1.19 bits per heavy atom. The summed E-state index contributed by atoms with van der Waals surface area (Å²) in [7, 11) is 0. The van der Waals surface area contributed by atoms with E-state index in [-0.39, 0.29) is 17.5 Å². The fourth-order valence-electron chi connectivity index (χ4n) is 4.38. The number of aliphatic imine (C=N–C) groups is 1. The summed E-state index contributed by atoms with van der Waals surface area (Å²) in [4.78, 5) is 13.0. The van der Waals surface area contributed by atoms with Gasteiger partial charge in [0.1, 0.15) is 29.8 Å². The third kappa shape index (κ3) is 2.13. The number of amidine groups is 1. The predicted octanol–water partition coefficient (Wildman–Crippen LogP) is 1.87. The molecule has 1 unspecified atom stereocenters. The zero-order chi connectivity index (χ0) is 17.8. The van der Waals surface area contributed by atoms with Crippen LogP contribution in [0.15, 0.2) is 41.9 Å². The van der Waals surface area contributed by atoms with Crippen molar-refractivity contribution < 1.29 is 14.2 Å². The van der Waals surface area contributed by atoms with E-state index < -0.39 is 5.54 Å². The Hall–Kier alpha value is -2.67. The van der Waals surface area contributed by atoms with Crippen molar-refractivity contribution in [2.45, 2.75) is 24.5 Å². The van der Waals surface area contributed by atoms with Gasteiger partial charge in [0.25, 0.3) is 6.02 Å². The predicted molar refractivity (Wildman–Crippen MR) is 94.7 cm³/mol. The Kier molecular flexibility index (Phi) is 3.24. The van der Waals surface area contributed by atoms with Crippen LogP contribution in [0.25, 0.3) is 11.1 Å². The average molecular weight is 352 g/mol. The molecule has 3 aliphatic rings. The summed E-state index contributed by atoms with van der Waals surface area (Å²) in [5.74, 6) is 0.855. The monoisotopic (exact) mass is 352 g/mol. The Morgan fingerprint density at radius 2 is 2.04 bits per heavy atom. The van der Waals surface area contributed by atoms with Crippen molar-refractivity contribution in [3.63, 3.8) is 0 Å². The van der Waals surface area contributed by atoms with Gasteiger partial charge in [0.05, 0.1) is 19.1 Å². The summed E-state index contributed by atoms with van der Waals surface area (Å²) < 4.78 is 17.9. The van der Waals surface area contributed by atoms with Crippen molar-refractivity contribution in [2.75, 3.05) is 19.8 Å². The first-order chi connectivity index (χ1) is 12.6. The van der Waals surface area contributed by atoms with Gasteiger partial charge in [-0.15, -0.1) is 0 Å². The lowest BCUT2D eigenvalue weighted by molar-refractivity contribution is -0.129. The van der Waals surface area contributed by atoms with Gasteiger partial charge in [-0.2, -0.15) is 0 Å². The molecule has 0 saturated carbocycles. The Labute approximate surface area is 151 Å². The average Bonchev–Trinajstić information content (AvgIpc) is 3.04. The molecule has 0 amide bonds. The van der Waals surface area contributed by atoms with Crippen molar-refractivity contribution >= 4 is 6.02 Å². The number of hydrogen-bond acceptors (Lipinski definition) is 7. The molecule has 1 saturated heterocycles. The van der Waals surface area contributed by atoms with E-state index in [0.717, 1.165) is 28.9 Å². The summed E-state index contributed by atoms with van der Waals surface area (Å²) >= 11 is 0. The fraction of sp³-hybridized carbons (Fsp3) is 0.421. The second-order valence-electron chi connectivity index (χ2n) is 7.29. The molecule has 2 aromatic rings. The van der Waals surface area contributed by atoms with Gasteiger partial charge in [-0.3, -0.25) is 0 Å². The van der Waals surface area contributed by atoms with Crippen LogP contribution < -0.4 is 10.5 Å². The van der Waals surface area contributed by atoms with E-state index in [1.54, 1.807) is 12.4 Å². The molecule has 1 aromatic heterocycles. The SMILES string of the molecule is C[C@]12CCOC[C@H]1C1(COC(N)=N1)c1cc(-c3cncnc3)ccc1O2. The third-order valence-electron chi connectivity index (χ3n) is 5.77. The summed E-state index contributed by atoms with van der Waals surface area (Å²) in [5, 5.41) is 0. The van der Waals surface area contributed by atoms with Gasteiger partial charge in [-0.25, -0.2) is 15.0 Å².